The first-order chi connectivity index (χ1) is 9.60. The minimum Gasteiger partial charge on any atom is -0.496 e. The highest BCUT2D eigenvalue weighted by molar-refractivity contribution is 5.61. The van der Waals surface area contributed by atoms with Crippen LogP contribution in [0.2, 0.25) is 0 Å². The number of H-pyrrole nitrogens is 1. The molecule has 102 valence electrons. The van der Waals surface area contributed by atoms with Crippen molar-refractivity contribution in [3.05, 3.63) is 34.1 Å². The second kappa shape index (κ2) is 4.34. The summed E-state index contributed by atoms with van der Waals surface area (Å²) in [5.74, 6) is 1.07. The van der Waals surface area contributed by atoms with Crippen LogP contribution in [0.5, 0.6) is 5.75 Å². The van der Waals surface area contributed by atoms with Gasteiger partial charge in [0, 0.05) is 5.56 Å². The fourth-order valence-corrected chi connectivity index (χ4v) is 1.99. The van der Waals surface area contributed by atoms with Gasteiger partial charge in [-0.05, 0) is 30.7 Å². The molecule has 2 heterocycles. The molecule has 1 aromatic carbocycles. The summed E-state index contributed by atoms with van der Waals surface area (Å²) in [6, 6.07) is 5.37. The molecule has 0 aliphatic heterocycles. The standard InChI is InChI=1S/C12H12N6O2/c1-6-5-7(3-4-8(6)20-2)9-10(19)14-12-16-15-11(13)18(12)17-9/h3-5H,1-2H3,(H2,13,15)(H,14,16,19). The molecule has 8 heteroatoms. The molecule has 20 heavy (non-hydrogen) atoms. The van der Waals surface area contributed by atoms with Crippen molar-refractivity contribution in [1.29, 1.82) is 0 Å². The molecule has 0 aliphatic rings. The molecule has 0 aliphatic carbocycles. The number of rotatable bonds is 2. The third-order valence-corrected chi connectivity index (χ3v) is 2.97. The topological polar surface area (TPSA) is 111 Å². The molecular weight excluding hydrogens is 260 g/mol. The van der Waals surface area contributed by atoms with Gasteiger partial charge in [0.15, 0.2) is 5.69 Å². The summed E-state index contributed by atoms with van der Waals surface area (Å²) >= 11 is 0. The predicted octanol–water partition coefficient (Wildman–Crippen LogP) is 0.379. The van der Waals surface area contributed by atoms with Gasteiger partial charge in [0.05, 0.1) is 7.11 Å². The normalized spacial score (nSPS) is 10.9. The molecule has 3 N–H and O–H groups in total. The second-order valence-corrected chi connectivity index (χ2v) is 4.28. The maximum atomic E-state index is 12.0. The zero-order chi connectivity index (χ0) is 14.3. The largest absolute Gasteiger partial charge is 0.496 e. The van der Waals surface area contributed by atoms with Crippen LogP contribution >= 0.6 is 0 Å². The summed E-state index contributed by atoms with van der Waals surface area (Å²) in [7, 11) is 1.59. The van der Waals surface area contributed by atoms with Crippen LogP contribution in [0.15, 0.2) is 23.0 Å². The number of aryl methyl sites for hydroxylation is 1. The predicted molar refractivity (Wildman–Crippen MR) is 72.5 cm³/mol. The second-order valence-electron chi connectivity index (χ2n) is 4.28. The average Bonchev–Trinajstić information content (AvgIpc) is 2.78. The summed E-state index contributed by atoms with van der Waals surface area (Å²) in [5.41, 5.74) is 7.10. The molecule has 2 aromatic heterocycles. The number of hydrogen-bond donors (Lipinski definition) is 2. The highest BCUT2D eigenvalue weighted by Crippen LogP contribution is 2.23. The first-order valence-corrected chi connectivity index (χ1v) is 5.86. The Labute approximate surface area is 113 Å². The van der Waals surface area contributed by atoms with Gasteiger partial charge in [0.2, 0.25) is 5.95 Å². The molecule has 0 spiro atoms. The number of anilines is 1. The Morgan fingerprint density at radius 2 is 2.15 bits per heavy atom. The third kappa shape index (κ3) is 1.78. The molecule has 3 rings (SSSR count). The summed E-state index contributed by atoms with van der Waals surface area (Å²) in [5, 5.41) is 11.5. The Morgan fingerprint density at radius 1 is 1.35 bits per heavy atom. The number of fused-ring (bicyclic) bond motifs is 1. The van der Waals surface area contributed by atoms with Crippen molar-refractivity contribution in [3.63, 3.8) is 0 Å². The number of nitrogens with zero attached hydrogens (tertiary/aromatic N) is 4. The van der Waals surface area contributed by atoms with Gasteiger partial charge in [-0.1, -0.05) is 0 Å². The van der Waals surface area contributed by atoms with Gasteiger partial charge in [-0.15, -0.1) is 10.2 Å². The van der Waals surface area contributed by atoms with Gasteiger partial charge in [0.1, 0.15) is 5.75 Å². The number of benzene rings is 1. The van der Waals surface area contributed by atoms with Crippen LogP contribution in [0.25, 0.3) is 17.0 Å². The summed E-state index contributed by atoms with van der Waals surface area (Å²) < 4.78 is 6.48. The van der Waals surface area contributed by atoms with E-state index in [2.05, 4.69) is 20.3 Å². The Morgan fingerprint density at radius 3 is 2.85 bits per heavy atom. The molecular formula is C12H12N6O2. The molecule has 8 nitrogen and oxygen atoms in total. The average molecular weight is 272 g/mol. The van der Waals surface area contributed by atoms with Crippen molar-refractivity contribution in [1.82, 2.24) is 24.8 Å². The number of nitrogen functional groups attached to an aromatic ring is 1. The van der Waals surface area contributed by atoms with Gasteiger partial charge in [-0.3, -0.25) is 9.78 Å². The first kappa shape index (κ1) is 12.2. The quantitative estimate of drug-likeness (QED) is 0.697. The van der Waals surface area contributed by atoms with Crippen LogP contribution in [-0.4, -0.2) is 31.9 Å². The van der Waals surface area contributed by atoms with Gasteiger partial charge >= 0.3 is 0 Å². The Balaban J connectivity index is 2.23. The van der Waals surface area contributed by atoms with Gasteiger partial charge in [-0.2, -0.15) is 9.61 Å². The van der Waals surface area contributed by atoms with Crippen LogP contribution < -0.4 is 16.0 Å². The minimum absolute atomic E-state index is 0.114. The van der Waals surface area contributed by atoms with Gasteiger partial charge in [0.25, 0.3) is 11.3 Å². The zero-order valence-corrected chi connectivity index (χ0v) is 10.9. The highest BCUT2D eigenvalue weighted by Gasteiger charge is 2.12. The lowest BCUT2D eigenvalue weighted by Gasteiger charge is -2.06. The van der Waals surface area contributed by atoms with E-state index in [0.29, 0.717) is 5.56 Å². The lowest BCUT2D eigenvalue weighted by atomic mass is 10.1. The van der Waals surface area contributed by atoms with E-state index in [4.69, 9.17) is 10.5 Å². The Hall–Kier alpha value is -2.90. The van der Waals surface area contributed by atoms with Crippen LogP contribution in [0, 0.1) is 6.92 Å². The molecule has 0 saturated heterocycles. The molecule has 0 bridgehead atoms. The molecule has 0 unspecified atom stereocenters. The first-order valence-electron chi connectivity index (χ1n) is 5.86. The minimum atomic E-state index is -0.352. The number of methoxy groups -OCH3 is 1. The Bertz CT molecular complexity index is 851. The fraction of sp³-hybridized carbons (Fsp3) is 0.167. The van der Waals surface area contributed by atoms with Crippen molar-refractivity contribution in [2.75, 3.05) is 12.8 Å². The van der Waals surface area contributed by atoms with E-state index in [9.17, 15) is 4.79 Å². The number of ether oxygens (including phenoxy) is 1. The number of nitrogens with two attached hydrogens (primary N) is 1. The van der Waals surface area contributed by atoms with Crippen LogP contribution in [0.4, 0.5) is 5.95 Å². The van der Waals surface area contributed by atoms with E-state index in [1.165, 1.54) is 4.52 Å². The summed E-state index contributed by atoms with van der Waals surface area (Å²) in [4.78, 5) is 14.6. The monoisotopic (exact) mass is 272 g/mol. The van der Waals surface area contributed by atoms with Gasteiger partial charge < -0.3 is 10.5 Å². The molecule has 0 atom stereocenters. The van der Waals surface area contributed by atoms with Crippen molar-refractivity contribution >= 4 is 11.7 Å². The highest BCUT2D eigenvalue weighted by atomic mass is 16.5. The van der Waals surface area contributed by atoms with E-state index >= 15 is 0 Å². The molecule has 0 radical (unpaired) electrons. The molecule has 0 fully saturated rings. The maximum Gasteiger partial charge on any atom is 0.279 e. The number of aromatic amines is 1. The van der Waals surface area contributed by atoms with E-state index < -0.39 is 0 Å². The van der Waals surface area contributed by atoms with Crippen LogP contribution in [0.1, 0.15) is 5.56 Å². The summed E-state index contributed by atoms with van der Waals surface area (Å²) in [6.07, 6.45) is 0. The zero-order valence-electron chi connectivity index (χ0n) is 10.9. The van der Waals surface area contributed by atoms with E-state index in [-0.39, 0.29) is 23.0 Å². The maximum absolute atomic E-state index is 12.0. The number of nitrogens with one attached hydrogen (secondary N) is 1. The van der Waals surface area contributed by atoms with Crippen LogP contribution in [0.3, 0.4) is 0 Å². The van der Waals surface area contributed by atoms with Crippen LogP contribution in [-0.2, 0) is 0 Å². The smallest absolute Gasteiger partial charge is 0.279 e. The van der Waals surface area contributed by atoms with Crippen molar-refractivity contribution < 1.29 is 4.74 Å². The van der Waals surface area contributed by atoms with Crippen molar-refractivity contribution in [2.45, 2.75) is 6.92 Å². The van der Waals surface area contributed by atoms with E-state index in [1.54, 1.807) is 19.2 Å². The molecule has 0 saturated carbocycles. The lowest BCUT2D eigenvalue weighted by Crippen LogP contribution is -2.16. The van der Waals surface area contributed by atoms with Crippen molar-refractivity contribution in [2.24, 2.45) is 0 Å². The van der Waals surface area contributed by atoms with Gasteiger partial charge in [-0.25, -0.2) is 0 Å². The molecule has 3 aromatic rings. The summed E-state index contributed by atoms with van der Waals surface area (Å²) in [6.45, 7) is 1.89. The number of aromatic nitrogens is 5. The SMILES string of the molecule is COc1ccc(-c2nn3c(N)nnc3[nH]c2=O)cc1C. The Kier molecular flexibility index (Phi) is 2.63. The number of hydrogen-bond acceptors (Lipinski definition) is 6. The van der Waals surface area contributed by atoms with E-state index in [1.807, 2.05) is 13.0 Å². The van der Waals surface area contributed by atoms with E-state index in [0.717, 1.165) is 11.3 Å². The lowest BCUT2D eigenvalue weighted by molar-refractivity contribution is 0.412. The molecule has 0 amide bonds. The fourth-order valence-electron chi connectivity index (χ4n) is 1.99. The van der Waals surface area contributed by atoms with Crippen molar-refractivity contribution in [3.8, 4) is 17.0 Å². The third-order valence-electron chi connectivity index (χ3n) is 2.97.